The normalized spacial score (nSPS) is 18.3. The predicted molar refractivity (Wildman–Crippen MR) is 97.3 cm³/mol. The zero-order valence-corrected chi connectivity index (χ0v) is 15.5. The molecule has 2 nitrogen and oxygen atoms in total. The Kier molecular flexibility index (Phi) is 9.92. The van der Waals surface area contributed by atoms with Crippen LogP contribution in [0, 0.1) is 12.8 Å². The van der Waals surface area contributed by atoms with Crippen LogP contribution in [0.3, 0.4) is 0 Å². The Hall–Kier alpha value is 0.01000. The zero-order chi connectivity index (χ0) is 13.8. The van der Waals surface area contributed by atoms with Crippen molar-refractivity contribution in [1.82, 2.24) is 10.2 Å². The molecule has 1 aliphatic rings. The summed E-state index contributed by atoms with van der Waals surface area (Å²) in [5.41, 5.74) is 2.76. The van der Waals surface area contributed by atoms with Gasteiger partial charge >= 0.3 is 0 Å². The molecule has 0 aliphatic carbocycles. The maximum absolute atomic E-state index is 6.10. The number of nitrogens with zero attached hydrogens (tertiary/aromatic N) is 1. The van der Waals surface area contributed by atoms with Crippen molar-refractivity contribution >= 4 is 36.4 Å². The van der Waals surface area contributed by atoms with E-state index in [9.17, 15) is 0 Å². The minimum absolute atomic E-state index is 0. The fraction of sp³-hybridized carbons (Fsp3) is 0.625. The van der Waals surface area contributed by atoms with Gasteiger partial charge in [0.25, 0.3) is 0 Å². The van der Waals surface area contributed by atoms with Crippen LogP contribution >= 0.6 is 36.4 Å². The number of hydrogen-bond donors (Lipinski definition) is 1. The topological polar surface area (TPSA) is 15.3 Å². The second-order valence-electron chi connectivity index (χ2n) is 5.62. The largest absolute Gasteiger partial charge is 0.314 e. The summed E-state index contributed by atoms with van der Waals surface area (Å²) in [6.45, 7) is 11.3. The van der Waals surface area contributed by atoms with Gasteiger partial charge < -0.3 is 5.32 Å². The number of aryl methyl sites for hydroxylation is 1. The van der Waals surface area contributed by atoms with Gasteiger partial charge in [0.1, 0.15) is 0 Å². The predicted octanol–water partition coefficient (Wildman–Crippen LogP) is 4.48. The van der Waals surface area contributed by atoms with Crippen LogP contribution in [0.1, 0.15) is 37.4 Å². The molecule has 0 amide bonds. The van der Waals surface area contributed by atoms with Crippen LogP contribution in [0.5, 0.6) is 0 Å². The van der Waals surface area contributed by atoms with E-state index in [1.165, 1.54) is 17.5 Å². The van der Waals surface area contributed by atoms with Crippen LogP contribution in [-0.4, -0.2) is 31.1 Å². The fourth-order valence-electron chi connectivity index (χ4n) is 3.02. The van der Waals surface area contributed by atoms with Gasteiger partial charge in [-0.3, -0.25) is 4.90 Å². The minimum Gasteiger partial charge on any atom is -0.314 e. The monoisotopic (exact) mass is 352 g/mol. The number of rotatable bonds is 4. The average molecular weight is 354 g/mol. The highest BCUT2D eigenvalue weighted by molar-refractivity contribution is 6.30. The summed E-state index contributed by atoms with van der Waals surface area (Å²) in [6.07, 6.45) is 1.21. The lowest BCUT2D eigenvalue weighted by Gasteiger charge is -2.39. The van der Waals surface area contributed by atoms with E-state index in [1.807, 2.05) is 6.07 Å². The molecule has 0 saturated carbocycles. The highest BCUT2D eigenvalue weighted by Gasteiger charge is 2.27. The first kappa shape index (κ1) is 21.0. The van der Waals surface area contributed by atoms with E-state index in [0.29, 0.717) is 12.0 Å². The van der Waals surface area contributed by atoms with E-state index in [0.717, 1.165) is 31.2 Å². The Balaban J connectivity index is 0.00000200. The summed E-state index contributed by atoms with van der Waals surface area (Å²) in [7, 11) is 0. The minimum atomic E-state index is 0. The molecule has 122 valence electrons. The molecule has 1 aromatic carbocycles. The molecule has 1 heterocycles. The Bertz CT molecular complexity index is 420. The zero-order valence-electron chi connectivity index (χ0n) is 13.1. The maximum atomic E-state index is 6.10. The van der Waals surface area contributed by atoms with E-state index < -0.39 is 0 Å². The van der Waals surface area contributed by atoms with Gasteiger partial charge in [0, 0.05) is 37.2 Å². The lowest BCUT2D eigenvalue weighted by atomic mass is 9.88. The third-order valence-corrected chi connectivity index (χ3v) is 4.51. The van der Waals surface area contributed by atoms with Crippen molar-refractivity contribution in [2.45, 2.75) is 33.2 Å². The fourth-order valence-corrected chi connectivity index (χ4v) is 3.24. The van der Waals surface area contributed by atoms with E-state index in [1.54, 1.807) is 0 Å². The van der Waals surface area contributed by atoms with Crippen LogP contribution in [0.15, 0.2) is 18.2 Å². The van der Waals surface area contributed by atoms with E-state index in [4.69, 9.17) is 11.6 Å². The molecule has 2 atom stereocenters. The van der Waals surface area contributed by atoms with Crippen LogP contribution in [0.4, 0.5) is 0 Å². The third-order valence-electron chi connectivity index (χ3n) is 4.28. The summed E-state index contributed by atoms with van der Waals surface area (Å²) in [5, 5.41) is 4.28. The average Bonchev–Trinajstić information content (AvgIpc) is 2.42. The number of benzene rings is 1. The lowest BCUT2D eigenvalue weighted by Crippen LogP contribution is -2.46. The summed E-state index contributed by atoms with van der Waals surface area (Å²) < 4.78 is 0. The maximum Gasteiger partial charge on any atom is 0.0408 e. The van der Waals surface area contributed by atoms with Crippen molar-refractivity contribution in [3.8, 4) is 0 Å². The lowest BCUT2D eigenvalue weighted by molar-refractivity contribution is 0.128. The highest BCUT2D eigenvalue weighted by atomic mass is 35.5. The molecule has 0 bridgehead atoms. The van der Waals surface area contributed by atoms with E-state index in [2.05, 4.69) is 43.1 Å². The van der Waals surface area contributed by atoms with Crippen LogP contribution < -0.4 is 5.32 Å². The van der Waals surface area contributed by atoms with Gasteiger partial charge in [-0.15, -0.1) is 24.8 Å². The Morgan fingerprint density at radius 2 is 1.86 bits per heavy atom. The first-order chi connectivity index (χ1) is 9.13. The molecule has 21 heavy (non-hydrogen) atoms. The smallest absolute Gasteiger partial charge is 0.0408 e. The first-order valence-electron chi connectivity index (χ1n) is 7.34. The highest BCUT2D eigenvalue weighted by Crippen LogP contribution is 2.33. The van der Waals surface area contributed by atoms with Crippen molar-refractivity contribution < 1.29 is 0 Å². The van der Waals surface area contributed by atoms with Crippen molar-refractivity contribution in [3.63, 3.8) is 0 Å². The van der Waals surface area contributed by atoms with Gasteiger partial charge in [-0.2, -0.15) is 0 Å². The summed E-state index contributed by atoms with van der Waals surface area (Å²) in [6, 6.07) is 6.86. The van der Waals surface area contributed by atoms with E-state index >= 15 is 0 Å². The number of piperazine rings is 1. The second kappa shape index (κ2) is 9.91. The second-order valence-corrected chi connectivity index (χ2v) is 6.05. The molecular weight excluding hydrogens is 327 g/mol. The van der Waals surface area contributed by atoms with Crippen molar-refractivity contribution in [2.24, 2.45) is 5.92 Å². The number of hydrogen-bond acceptors (Lipinski definition) is 2. The van der Waals surface area contributed by atoms with Crippen LogP contribution in [0.25, 0.3) is 0 Å². The molecule has 1 aliphatic heterocycles. The van der Waals surface area contributed by atoms with Crippen LogP contribution in [0.2, 0.25) is 5.02 Å². The van der Waals surface area contributed by atoms with Gasteiger partial charge in [0.05, 0.1) is 0 Å². The van der Waals surface area contributed by atoms with E-state index in [-0.39, 0.29) is 24.8 Å². The molecule has 1 N–H and O–H groups in total. The Labute approximate surface area is 146 Å². The molecule has 0 aromatic heterocycles. The molecule has 1 saturated heterocycles. The molecule has 1 unspecified atom stereocenters. The van der Waals surface area contributed by atoms with Crippen LogP contribution in [-0.2, 0) is 0 Å². The number of halogens is 3. The van der Waals surface area contributed by atoms with Gasteiger partial charge in [0.2, 0.25) is 0 Å². The SMILES string of the molecule is CCC(C)[C@H](c1ccc(Cl)cc1C)N1CCNCC1.Cl.Cl. The summed E-state index contributed by atoms with van der Waals surface area (Å²) in [5.74, 6) is 0.665. The quantitative estimate of drug-likeness (QED) is 0.858. The van der Waals surface area contributed by atoms with Crippen molar-refractivity contribution in [3.05, 3.63) is 34.3 Å². The van der Waals surface area contributed by atoms with Gasteiger partial charge in [-0.05, 0) is 36.1 Å². The van der Waals surface area contributed by atoms with Crippen molar-refractivity contribution in [2.75, 3.05) is 26.2 Å². The standard InChI is InChI=1S/C16H25ClN2.2ClH/c1-4-12(2)16(19-9-7-18-8-10-19)15-6-5-14(17)11-13(15)3;;/h5-6,11-12,16,18H,4,7-10H2,1-3H3;2*1H/t12?,16-;;/m1../s1. The summed E-state index contributed by atoms with van der Waals surface area (Å²) >= 11 is 6.10. The Morgan fingerprint density at radius 3 is 2.38 bits per heavy atom. The third kappa shape index (κ3) is 5.30. The molecule has 1 aromatic rings. The molecule has 5 heteroatoms. The molecular formula is C16H27Cl3N2. The van der Waals surface area contributed by atoms with Crippen molar-refractivity contribution in [1.29, 1.82) is 0 Å². The first-order valence-corrected chi connectivity index (χ1v) is 7.72. The number of nitrogens with one attached hydrogen (secondary N) is 1. The van der Waals surface area contributed by atoms with Gasteiger partial charge in [-0.25, -0.2) is 0 Å². The molecule has 2 rings (SSSR count). The molecule has 0 spiro atoms. The van der Waals surface area contributed by atoms with Gasteiger partial charge in [-0.1, -0.05) is 37.9 Å². The van der Waals surface area contributed by atoms with Gasteiger partial charge in [0.15, 0.2) is 0 Å². The Morgan fingerprint density at radius 1 is 1.24 bits per heavy atom. The summed E-state index contributed by atoms with van der Waals surface area (Å²) in [4.78, 5) is 2.63. The molecule has 1 fully saturated rings. The molecule has 0 radical (unpaired) electrons.